The molecule has 0 amide bonds. The Morgan fingerprint density at radius 2 is 2.16 bits per heavy atom. The maximum atomic E-state index is 5.71. The minimum absolute atomic E-state index is 0.529. The number of nitrogens with zero attached hydrogens (tertiary/aromatic N) is 1. The third kappa shape index (κ3) is 3.58. The molecule has 1 aromatic rings. The van der Waals surface area contributed by atoms with E-state index in [1.807, 2.05) is 0 Å². The third-order valence-corrected chi connectivity index (χ3v) is 4.55. The van der Waals surface area contributed by atoms with Crippen molar-refractivity contribution in [1.29, 1.82) is 0 Å². The van der Waals surface area contributed by atoms with E-state index in [-0.39, 0.29) is 0 Å². The summed E-state index contributed by atoms with van der Waals surface area (Å²) >= 11 is 0. The van der Waals surface area contributed by atoms with E-state index in [4.69, 9.17) is 5.73 Å². The predicted octanol–water partition coefficient (Wildman–Crippen LogP) is 3.43. The average Bonchev–Trinajstić information content (AvgIpc) is 2.39. The molecule has 2 unspecified atom stereocenters. The van der Waals surface area contributed by atoms with Gasteiger partial charge >= 0.3 is 0 Å². The molecule has 0 bridgehead atoms. The SMILES string of the molecule is Cc1ccc(C(C)N2CCCC(CCN)C2)c(C)c1. The first-order valence-electron chi connectivity index (χ1n) is 7.63. The molecule has 2 nitrogen and oxygen atoms in total. The number of nitrogens with two attached hydrogens (primary N) is 1. The first-order valence-corrected chi connectivity index (χ1v) is 7.63. The molecular weight excluding hydrogens is 232 g/mol. The first-order chi connectivity index (χ1) is 9.11. The summed E-state index contributed by atoms with van der Waals surface area (Å²) in [6, 6.07) is 7.37. The van der Waals surface area contributed by atoms with Crippen molar-refractivity contribution in [2.45, 2.75) is 46.1 Å². The van der Waals surface area contributed by atoms with Crippen LogP contribution in [-0.4, -0.2) is 24.5 Å². The maximum Gasteiger partial charge on any atom is 0.0322 e. The van der Waals surface area contributed by atoms with Crippen LogP contribution >= 0.6 is 0 Å². The van der Waals surface area contributed by atoms with Crippen LogP contribution in [0.2, 0.25) is 0 Å². The van der Waals surface area contributed by atoms with E-state index in [1.54, 1.807) is 0 Å². The number of aryl methyl sites for hydroxylation is 2. The van der Waals surface area contributed by atoms with Gasteiger partial charge in [-0.15, -0.1) is 0 Å². The van der Waals surface area contributed by atoms with Crippen molar-refractivity contribution in [3.05, 3.63) is 34.9 Å². The minimum atomic E-state index is 0.529. The molecule has 1 aromatic carbocycles. The Morgan fingerprint density at radius 3 is 2.84 bits per heavy atom. The Hall–Kier alpha value is -0.860. The highest BCUT2D eigenvalue weighted by Crippen LogP contribution is 2.29. The Kier molecular flexibility index (Phi) is 5.00. The van der Waals surface area contributed by atoms with Crippen LogP contribution in [0, 0.1) is 19.8 Å². The monoisotopic (exact) mass is 260 g/mol. The lowest BCUT2D eigenvalue weighted by molar-refractivity contribution is 0.128. The Labute approximate surface area is 118 Å². The van der Waals surface area contributed by atoms with E-state index >= 15 is 0 Å². The van der Waals surface area contributed by atoms with Crippen LogP contribution < -0.4 is 5.73 Å². The van der Waals surface area contributed by atoms with E-state index in [1.165, 1.54) is 49.0 Å². The molecule has 0 radical (unpaired) electrons. The summed E-state index contributed by atoms with van der Waals surface area (Å²) in [5.41, 5.74) is 9.98. The molecule has 2 rings (SSSR count). The Morgan fingerprint density at radius 1 is 1.37 bits per heavy atom. The van der Waals surface area contributed by atoms with Gasteiger partial charge in [-0.3, -0.25) is 4.90 Å². The van der Waals surface area contributed by atoms with Crippen LogP contribution in [0.1, 0.15) is 48.9 Å². The van der Waals surface area contributed by atoms with E-state index in [0.717, 1.165) is 12.5 Å². The number of rotatable bonds is 4. The normalized spacial score (nSPS) is 22.4. The average molecular weight is 260 g/mol. The zero-order chi connectivity index (χ0) is 13.8. The largest absolute Gasteiger partial charge is 0.330 e. The first kappa shape index (κ1) is 14.5. The van der Waals surface area contributed by atoms with E-state index in [9.17, 15) is 0 Å². The molecular formula is C17H28N2. The van der Waals surface area contributed by atoms with E-state index < -0.39 is 0 Å². The smallest absolute Gasteiger partial charge is 0.0322 e. The fraction of sp³-hybridized carbons (Fsp3) is 0.647. The lowest BCUT2D eigenvalue weighted by Crippen LogP contribution is -2.38. The second kappa shape index (κ2) is 6.53. The van der Waals surface area contributed by atoms with Gasteiger partial charge in [-0.25, -0.2) is 0 Å². The van der Waals surface area contributed by atoms with Crippen molar-refractivity contribution in [3.8, 4) is 0 Å². The van der Waals surface area contributed by atoms with Crippen LogP contribution in [0.25, 0.3) is 0 Å². The minimum Gasteiger partial charge on any atom is -0.330 e. The molecule has 2 N–H and O–H groups in total. The van der Waals surface area contributed by atoms with Gasteiger partial charge < -0.3 is 5.73 Å². The summed E-state index contributed by atoms with van der Waals surface area (Å²) in [6.07, 6.45) is 3.85. The number of hydrogen-bond acceptors (Lipinski definition) is 2. The summed E-state index contributed by atoms with van der Waals surface area (Å²) in [4.78, 5) is 2.64. The predicted molar refractivity (Wildman–Crippen MR) is 82.3 cm³/mol. The van der Waals surface area contributed by atoms with Crippen molar-refractivity contribution < 1.29 is 0 Å². The number of likely N-dealkylation sites (tertiary alicyclic amines) is 1. The zero-order valence-corrected chi connectivity index (χ0v) is 12.7. The fourth-order valence-corrected chi connectivity index (χ4v) is 3.41. The molecule has 0 aliphatic carbocycles. The van der Waals surface area contributed by atoms with Gasteiger partial charge in [-0.2, -0.15) is 0 Å². The van der Waals surface area contributed by atoms with Gasteiger partial charge in [0.25, 0.3) is 0 Å². The lowest BCUT2D eigenvalue weighted by Gasteiger charge is -2.37. The van der Waals surface area contributed by atoms with Gasteiger partial charge in [0.05, 0.1) is 0 Å². The number of benzene rings is 1. The molecule has 2 heteroatoms. The van der Waals surface area contributed by atoms with Crippen molar-refractivity contribution in [3.63, 3.8) is 0 Å². The molecule has 2 atom stereocenters. The van der Waals surface area contributed by atoms with Crippen molar-refractivity contribution in [2.24, 2.45) is 11.7 Å². The second-order valence-electron chi connectivity index (χ2n) is 6.12. The van der Waals surface area contributed by atoms with Gasteiger partial charge in [0.15, 0.2) is 0 Å². The molecule has 19 heavy (non-hydrogen) atoms. The summed E-state index contributed by atoms with van der Waals surface area (Å²) < 4.78 is 0. The molecule has 106 valence electrons. The quantitative estimate of drug-likeness (QED) is 0.898. The highest BCUT2D eigenvalue weighted by atomic mass is 15.2. The van der Waals surface area contributed by atoms with Gasteiger partial charge in [-0.05, 0) is 70.2 Å². The van der Waals surface area contributed by atoms with Crippen molar-refractivity contribution in [1.82, 2.24) is 4.90 Å². The van der Waals surface area contributed by atoms with Crippen LogP contribution in [-0.2, 0) is 0 Å². The number of hydrogen-bond donors (Lipinski definition) is 1. The summed E-state index contributed by atoms with van der Waals surface area (Å²) in [7, 11) is 0. The standard InChI is InChI=1S/C17H28N2/c1-13-6-7-17(14(2)11-13)15(3)19-10-4-5-16(12-19)8-9-18/h6-7,11,15-16H,4-5,8-10,12,18H2,1-3H3. The molecule has 0 saturated carbocycles. The maximum absolute atomic E-state index is 5.71. The van der Waals surface area contributed by atoms with Crippen LogP contribution in [0.3, 0.4) is 0 Å². The molecule has 0 aromatic heterocycles. The Balaban J connectivity index is 2.07. The second-order valence-corrected chi connectivity index (χ2v) is 6.12. The molecule has 1 aliphatic heterocycles. The van der Waals surface area contributed by atoms with Crippen LogP contribution in [0.5, 0.6) is 0 Å². The van der Waals surface area contributed by atoms with Crippen LogP contribution in [0.15, 0.2) is 18.2 Å². The highest BCUT2D eigenvalue weighted by Gasteiger charge is 2.24. The van der Waals surface area contributed by atoms with Crippen molar-refractivity contribution >= 4 is 0 Å². The highest BCUT2D eigenvalue weighted by molar-refractivity contribution is 5.32. The molecule has 1 saturated heterocycles. The molecule has 1 aliphatic rings. The topological polar surface area (TPSA) is 29.3 Å². The van der Waals surface area contributed by atoms with Gasteiger partial charge in [-0.1, -0.05) is 23.8 Å². The zero-order valence-electron chi connectivity index (χ0n) is 12.7. The van der Waals surface area contributed by atoms with Crippen molar-refractivity contribution in [2.75, 3.05) is 19.6 Å². The van der Waals surface area contributed by atoms with Gasteiger partial charge in [0.2, 0.25) is 0 Å². The summed E-state index contributed by atoms with van der Waals surface area (Å²) in [5.74, 6) is 0.798. The molecule has 1 heterocycles. The summed E-state index contributed by atoms with van der Waals surface area (Å²) in [6.45, 7) is 10.0. The number of piperidine rings is 1. The molecule has 1 fully saturated rings. The molecule has 0 spiro atoms. The van der Waals surface area contributed by atoms with Gasteiger partial charge in [0, 0.05) is 12.6 Å². The lowest BCUT2D eigenvalue weighted by atomic mass is 9.91. The van der Waals surface area contributed by atoms with E-state index in [2.05, 4.69) is 43.9 Å². The summed E-state index contributed by atoms with van der Waals surface area (Å²) in [5, 5.41) is 0. The Bertz CT molecular complexity index is 412. The third-order valence-electron chi connectivity index (χ3n) is 4.55. The fourth-order valence-electron chi connectivity index (χ4n) is 3.41. The van der Waals surface area contributed by atoms with Crippen LogP contribution in [0.4, 0.5) is 0 Å². The van der Waals surface area contributed by atoms with Gasteiger partial charge in [0.1, 0.15) is 0 Å². The van der Waals surface area contributed by atoms with E-state index in [0.29, 0.717) is 6.04 Å².